The molecule has 0 aliphatic rings. The van der Waals surface area contributed by atoms with Crippen LogP contribution in [-0.4, -0.2) is 24.5 Å². The predicted octanol–water partition coefficient (Wildman–Crippen LogP) is 4.20. The maximum absolute atomic E-state index is 12.5. The van der Waals surface area contributed by atoms with E-state index in [0.29, 0.717) is 17.1 Å². The first-order valence-electron chi connectivity index (χ1n) is 9.05. The molecule has 2 N–H and O–H groups in total. The van der Waals surface area contributed by atoms with Gasteiger partial charge in [-0.2, -0.15) is 0 Å². The van der Waals surface area contributed by atoms with Crippen LogP contribution in [0.2, 0.25) is 0 Å². The van der Waals surface area contributed by atoms with Crippen LogP contribution < -0.4 is 20.3 Å². The summed E-state index contributed by atoms with van der Waals surface area (Å²) in [6.45, 7) is 7.64. The molecule has 0 aliphatic carbocycles. The summed E-state index contributed by atoms with van der Waals surface area (Å²) in [4.78, 5) is 24.5. The van der Waals surface area contributed by atoms with Gasteiger partial charge in [-0.3, -0.25) is 20.4 Å². The van der Waals surface area contributed by atoms with E-state index in [4.69, 9.17) is 9.47 Å². The van der Waals surface area contributed by atoms with Crippen molar-refractivity contribution in [2.24, 2.45) is 0 Å². The zero-order valence-electron chi connectivity index (χ0n) is 16.4. The van der Waals surface area contributed by atoms with Crippen LogP contribution in [0, 0.1) is 0 Å². The van der Waals surface area contributed by atoms with Crippen LogP contribution in [0.3, 0.4) is 0 Å². The minimum atomic E-state index is -0.479. The van der Waals surface area contributed by atoms with E-state index in [2.05, 4.69) is 40.6 Å². The monoisotopic (exact) mass is 448 g/mol. The van der Waals surface area contributed by atoms with Crippen molar-refractivity contribution < 1.29 is 19.1 Å². The van der Waals surface area contributed by atoms with Crippen LogP contribution in [0.5, 0.6) is 11.5 Å². The summed E-state index contributed by atoms with van der Waals surface area (Å²) in [6.07, 6.45) is -0.0863. The number of hydrogen-bond donors (Lipinski definition) is 2. The van der Waals surface area contributed by atoms with Gasteiger partial charge in [0.25, 0.3) is 11.8 Å². The van der Waals surface area contributed by atoms with Crippen molar-refractivity contribution in [1.29, 1.82) is 0 Å². The number of hydrogen-bond acceptors (Lipinski definition) is 4. The van der Waals surface area contributed by atoms with Gasteiger partial charge in [0.15, 0.2) is 6.61 Å². The Balaban J connectivity index is 1.95. The fourth-order valence-electron chi connectivity index (χ4n) is 2.50. The SMILES string of the molecule is CC(C)Oc1ccc(Br)cc1C(=O)NNC(=O)COc1ccccc1C(C)C. The molecule has 0 saturated carbocycles. The number of halogens is 1. The zero-order valence-corrected chi connectivity index (χ0v) is 18.0. The van der Waals surface area contributed by atoms with Gasteiger partial charge in [0.1, 0.15) is 11.5 Å². The van der Waals surface area contributed by atoms with Crippen molar-refractivity contribution in [3.63, 3.8) is 0 Å². The van der Waals surface area contributed by atoms with Gasteiger partial charge < -0.3 is 9.47 Å². The molecule has 0 aromatic heterocycles. The van der Waals surface area contributed by atoms with E-state index in [1.165, 1.54) is 0 Å². The normalized spacial score (nSPS) is 10.7. The van der Waals surface area contributed by atoms with Gasteiger partial charge in [-0.25, -0.2) is 0 Å². The summed E-state index contributed by atoms with van der Waals surface area (Å²) in [5.41, 5.74) is 6.09. The number of rotatable bonds is 7. The second-order valence-corrected chi connectivity index (χ2v) is 7.71. The quantitative estimate of drug-likeness (QED) is 0.622. The van der Waals surface area contributed by atoms with E-state index in [9.17, 15) is 9.59 Å². The summed E-state index contributed by atoms with van der Waals surface area (Å²) >= 11 is 3.34. The molecule has 0 aliphatic heterocycles. The van der Waals surface area contributed by atoms with E-state index in [1.54, 1.807) is 18.2 Å². The topological polar surface area (TPSA) is 76.7 Å². The van der Waals surface area contributed by atoms with Crippen LogP contribution in [0.4, 0.5) is 0 Å². The van der Waals surface area contributed by atoms with E-state index >= 15 is 0 Å². The molecule has 6 nitrogen and oxygen atoms in total. The number of para-hydroxylation sites is 1. The number of carbonyl (C=O) groups is 2. The lowest BCUT2D eigenvalue weighted by atomic mass is 10.0. The highest BCUT2D eigenvalue weighted by molar-refractivity contribution is 9.10. The van der Waals surface area contributed by atoms with E-state index in [0.717, 1.165) is 10.0 Å². The average Bonchev–Trinajstić information content (AvgIpc) is 2.65. The summed E-state index contributed by atoms with van der Waals surface area (Å²) in [7, 11) is 0. The van der Waals surface area contributed by atoms with Crippen molar-refractivity contribution in [2.75, 3.05) is 6.61 Å². The Bertz CT molecular complexity index is 837. The van der Waals surface area contributed by atoms with E-state index in [-0.39, 0.29) is 18.6 Å². The molecule has 7 heteroatoms. The molecule has 28 heavy (non-hydrogen) atoms. The van der Waals surface area contributed by atoms with Crippen molar-refractivity contribution in [2.45, 2.75) is 39.7 Å². The molecule has 0 fully saturated rings. The summed E-state index contributed by atoms with van der Waals surface area (Å²) in [5, 5.41) is 0. The van der Waals surface area contributed by atoms with Crippen molar-refractivity contribution in [3.8, 4) is 11.5 Å². The molecule has 0 unspecified atom stereocenters. The molecule has 2 aromatic carbocycles. The zero-order chi connectivity index (χ0) is 20.7. The maximum Gasteiger partial charge on any atom is 0.276 e. The highest BCUT2D eigenvalue weighted by Gasteiger charge is 2.16. The fourth-order valence-corrected chi connectivity index (χ4v) is 2.86. The van der Waals surface area contributed by atoms with Crippen LogP contribution in [0.1, 0.15) is 49.5 Å². The third kappa shape index (κ3) is 6.27. The first-order chi connectivity index (χ1) is 13.3. The number of carbonyl (C=O) groups excluding carboxylic acids is 2. The molecule has 0 radical (unpaired) electrons. The number of amides is 2. The lowest BCUT2D eigenvalue weighted by Crippen LogP contribution is -2.44. The minimum absolute atomic E-state index is 0.0863. The molecule has 0 saturated heterocycles. The van der Waals surface area contributed by atoms with Crippen molar-refractivity contribution in [1.82, 2.24) is 10.9 Å². The van der Waals surface area contributed by atoms with Gasteiger partial charge in [-0.1, -0.05) is 48.0 Å². The summed E-state index contributed by atoms with van der Waals surface area (Å²) in [6, 6.07) is 12.7. The third-order valence-electron chi connectivity index (χ3n) is 3.76. The Kier molecular flexibility index (Phi) is 7.87. The van der Waals surface area contributed by atoms with Gasteiger partial charge in [0, 0.05) is 4.47 Å². The fraction of sp³-hybridized carbons (Fsp3) is 0.333. The van der Waals surface area contributed by atoms with Crippen LogP contribution in [-0.2, 0) is 4.79 Å². The molecule has 0 heterocycles. The number of hydrazine groups is 1. The summed E-state index contributed by atoms with van der Waals surface area (Å²) < 4.78 is 12.0. The standard InChI is InChI=1S/C21H25BrN2O4/c1-13(2)16-7-5-6-8-18(16)27-12-20(25)23-24-21(26)17-11-15(22)9-10-19(17)28-14(3)4/h5-11,13-14H,12H2,1-4H3,(H,23,25)(H,24,26). The second-order valence-electron chi connectivity index (χ2n) is 6.79. The second kappa shape index (κ2) is 10.1. The van der Waals surface area contributed by atoms with Crippen molar-refractivity contribution in [3.05, 3.63) is 58.1 Å². The first kappa shape index (κ1) is 21.8. The molecular weight excluding hydrogens is 424 g/mol. The van der Waals surface area contributed by atoms with Crippen molar-refractivity contribution >= 4 is 27.7 Å². The average molecular weight is 449 g/mol. The molecule has 2 amide bonds. The molecule has 0 spiro atoms. The molecule has 0 bridgehead atoms. The van der Waals surface area contributed by atoms with Gasteiger partial charge in [-0.05, 0) is 49.6 Å². The smallest absolute Gasteiger partial charge is 0.276 e. The first-order valence-corrected chi connectivity index (χ1v) is 9.84. The Morgan fingerprint density at radius 1 is 1.00 bits per heavy atom. The lowest BCUT2D eigenvalue weighted by molar-refractivity contribution is -0.123. The largest absolute Gasteiger partial charge is 0.490 e. The Morgan fingerprint density at radius 3 is 2.39 bits per heavy atom. The molecule has 0 atom stereocenters. The van der Waals surface area contributed by atoms with Gasteiger partial charge >= 0.3 is 0 Å². The third-order valence-corrected chi connectivity index (χ3v) is 4.26. The number of nitrogens with one attached hydrogen (secondary N) is 2. The van der Waals surface area contributed by atoms with E-state index < -0.39 is 11.8 Å². The Hall–Kier alpha value is -2.54. The highest BCUT2D eigenvalue weighted by Crippen LogP contribution is 2.26. The predicted molar refractivity (Wildman–Crippen MR) is 112 cm³/mol. The number of ether oxygens (including phenoxy) is 2. The van der Waals surface area contributed by atoms with Gasteiger partial charge in [0.05, 0.1) is 11.7 Å². The molecule has 150 valence electrons. The number of benzene rings is 2. The Labute approximate surface area is 173 Å². The van der Waals surface area contributed by atoms with Crippen LogP contribution >= 0.6 is 15.9 Å². The highest BCUT2D eigenvalue weighted by atomic mass is 79.9. The molecule has 2 rings (SSSR count). The summed E-state index contributed by atoms with van der Waals surface area (Å²) in [5.74, 6) is 0.418. The minimum Gasteiger partial charge on any atom is -0.490 e. The van der Waals surface area contributed by atoms with E-state index in [1.807, 2.05) is 38.1 Å². The van der Waals surface area contributed by atoms with Crippen LogP contribution in [0.15, 0.2) is 46.9 Å². The lowest BCUT2D eigenvalue weighted by Gasteiger charge is -2.16. The van der Waals surface area contributed by atoms with Crippen LogP contribution in [0.25, 0.3) is 0 Å². The maximum atomic E-state index is 12.5. The van der Waals surface area contributed by atoms with Gasteiger partial charge in [0.2, 0.25) is 0 Å². The Morgan fingerprint density at radius 2 is 1.71 bits per heavy atom. The molecule has 2 aromatic rings. The molecular formula is C21H25BrN2O4. The van der Waals surface area contributed by atoms with Gasteiger partial charge in [-0.15, -0.1) is 0 Å².